The van der Waals surface area contributed by atoms with Gasteiger partial charge in [0, 0.05) is 5.41 Å². The molecule has 0 aromatic rings. The van der Waals surface area contributed by atoms with Gasteiger partial charge in [-0.1, -0.05) is 26.7 Å². The zero-order valence-corrected chi connectivity index (χ0v) is 12.5. The summed E-state index contributed by atoms with van der Waals surface area (Å²) in [6.45, 7) is 4.93. The number of amidine groups is 1. The summed E-state index contributed by atoms with van der Waals surface area (Å²) in [6.07, 6.45) is 3.30. The molecule has 1 saturated heterocycles. The van der Waals surface area contributed by atoms with Gasteiger partial charge in [0.05, 0.1) is 25.4 Å². The second-order valence-corrected chi connectivity index (χ2v) is 6.16. The summed E-state index contributed by atoms with van der Waals surface area (Å²) in [7, 11) is 0. The van der Waals surface area contributed by atoms with E-state index >= 15 is 0 Å². The number of nitrogens with zero attached hydrogens (tertiary/aromatic N) is 2. The van der Waals surface area contributed by atoms with Crippen LogP contribution in [0.4, 0.5) is 0 Å². The van der Waals surface area contributed by atoms with Crippen LogP contribution in [0, 0.1) is 38.9 Å². The molecule has 3 rings (SSSR count). The van der Waals surface area contributed by atoms with Crippen molar-refractivity contribution < 1.29 is 14.5 Å². The zero-order valence-electron chi connectivity index (χ0n) is 12.5. The Kier molecular flexibility index (Phi) is 2.86. The topological polar surface area (TPSA) is 106 Å². The highest BCUT2D eigenvalue weighted by atomic mass is 16.8. The van der Waals surface area contributed by atoms with Crippen LogP contribution >= 0.6 is 0 Å². The van der Waals surface area contributed by atoms with E-state index in [0.29, 0.717) is 19.0 Å². The summed E-state index contributed by atoms with van der Waals surface area (Å²) in [5.74, 6) is -0.929. The molecule has 21 heavy (non-hydrogen) atoms. The molecule has 2 aliphatic heterocycles. The van der Waals surface area contributed by atoms with Crippen molar-refractivity contribution in [2.75, 3.05) is 13.2 Å². The molecule has 2 heterocycles. The summed E-state index contributed by atoms with van der Waals surface area (Å²) in [4.78, 5) is 2.99. The van der Waals surface area contributed by atoms with E-state index in [1.807, 2.05) is 0 Å². The standard InChI is InChI=1S/C15H20N4O2/c1-3-5-12(6-4-2)13(9-16)11(18)19-15(14(12,13)10-17)20-7-8-21-15/h3-8H2,1-2H3,(H2,18,19)/p+1/t13-,14+/m0/s1. The largest absolute Gasteiger partial charge is 0.343 e. The third-order valence-electron chi connectivity index (χ3n) is 5.52. The zero-order chi connectivity index (χ0) is 15.4. The molecule has 3 aliphatic rings. The van der Waals surface area contributed by atoms with Gasteiger partial charge < -0.3 is 9.47 Å². The maximum atomic E-state index is 10.0. The Morgan fingerprint density at radius 1 is 1.14 bits per heavy atom. The molecule has 0 aromatic heterocycles. The van der Waals surface area contributed by atoms with E-state index in [1.165, 1.54) is 0 Å². The number of nitrogens with one attached hydrogen (secondary N) is 1. The quantitative estimate of drug-likeness (QED) is 0.743. The molecule has 6 nitrogen and oxygen atoms in total. The first-order chi connectivity index (χ1) is 10.1. The Bertz CT molecular complexity index is 575. The number of fused-ring (bicyclic) bond motifs is 2. The van der Waals surface area contributed by atoms with Gasteiger partial charge in [-0.2, -0.15) is 10.5 Å². The van der Waals surface area contributed by atoms with Crippen molar-refractivity contribution in [1.29, 1.82) is 10.5 Å². The lowest BCUT2D eigenvalue weighted by Crippen LogP contribution is -2.90. The van der Waals surface area contributed by atoms with Gasteiger partial charge in [0.1, 0.15) is 0 Å². The molecule has 3 N–H and O–H groups in total. The molecule has 0 bridgehead atoms. The fraction of sp³-hybridized carbons (Fsp3) is 0.800. The lowest BCUT2D eigenvalue weighted by molar-refractivity contribution is -0.678. The van der Waals surface area contributed by atoms with E-state index in [2.05, 4.69) is 31.0 Å². The number of nitrogens with two attached hydrogens (primary N) is 1. The normalized spacial score (nSPS) is 37.6. The molecule has 0 radical (unpaired) electrons. The number of ether oxygens (including phenoxy) is 2. The average molecular weight is 289 g/mol. The minimum Gasteiger partial charge on any atom is -0.311 e. The second-order valence-electron chi connectivity index (χ2n) is 6.16. The van der Waals surface area contributed by atoms with E-state index in [9.17, 15) is 10.5 Å². The molecule has 6 heteroatoms. The molecule has 1 spiro atoms. The Labute approximate surface area is 124 Å². The lowest BCUT2D eigenvalue weighted by atomic mass is 9.82. The maximum Gasteiger partial charge on any atom is 0.343 e. The smallest absolute Gasteiger partial charge is 0.311 e. The van der Waals surface area contributed by atoms with Gasteiger partial charge in [0.2, 0.25) is 0 Å². The van der Waals surface area contributed by atoms with E-state index < -0.39 is 22.2 Å². The van der Waals surface area contributed by atoms with Crippen molar-refractivity contribution in [3.63, 3.8) is 0 Å². The summed E-state index contributed by atoms with van der Waals surface area (Å²) in [5.41, 5.74) is 3.61. The van der Waals surface area contributed by atoms with Gasteiger partial charge in [0.15, 0.2) is 10.8 Å². The minimum atomic E-state index is -1.26. The number of rotatable bonds is 4. The molecular formula is C15H21N4O2+. The van der Waals surface area contributed by atoms with Crippen LogP contribution in [0.25, 0.3) is 0 Å². The van der Waals surface area contributed by atoms with E-state index in [0.717, 1.165) is 25.7 Å². The number of hydrogen-bond acceptors (Lipinski definition) is 5. The summed E-state index contributed by atoms with van der Waals surface area (Å²) < 4.78 is 11.6. The summed E-state index contributed by atoms with van der Waals surface area (Å²) in [6, 6.07) is 4.75. The molecular weight excluding hydrogens is 268 g/mol. The molecule has 112 valence electrons. The molecule has 1 aliphatic carbocycles. The highest BCUT2D eigenvalue weighted by Crippen LogP contribution is 2.85. The third kappa shape index (κ3) is 1.12. The second kappa shape index (κ2) is 4.19. The Balaban J connectivity index is 2.23. The predicted octanol–water partition coefficient (Wildman–Crippen LogP) is -0.241. The lowest BCUT2D eigenvalue weighted by Gasteiger charge is -2.29. The van der Waals surface area contributed by atoms with E-state index in [4.69, 9.17) is 15.2 Å². The molecule has 0 amide bonds. The minimum absolute atomic E-state index is 0.329. The Hall–Kier alpha value is -1.63. The first kappa shape index (κ1) is 14.3. The molecule has 2 fully saturated rings. The van der Waals surface area contributed by atoms with Crippen LogP contribution in [0.5, 0.6) is 0 Å². The summed E-state index contributed by atoms with van der Waals surface area (Å²) >= 11 is 0. The SMILES string of the molecule is CCCC1(CCC)[C@@]2(C#N)C3([NH+]=C(N)[C@@]12C#N)OCCO3. The molecule has 0 aromatic carbocycles. The molecule has 1 saturated carbocycles. The van der Waals surface area contributed by atoms with Crippen LogP contribution in [-0.4, -0.2) is 25.0 Å². The van der Waals surface area contributed by atoms with Gasteiger partial charge in [0.25, 0.3) is 5.84 Å². The highest BCUT2D eigenvalue weighted by Gasteiger charge is 3.03. The Morgan fingerprint density at radius 3 is 2.14 bits per heavy atom. The van der Waals surface area contributed by atoms with Crippen molar-refractivity contribution in [2.24, 2.45) is 22.0 Å². The number of nitriles is 2. The first-order valence-corrected chi connectivity index (χ1v) is 7.59. The summed E-state index contributed by atoms with van der Waals surface area (Å²) in [5, 5.41) is 19.9. The van der Waals surface area contributed by atoms with Crippen LogP contribution in [0.2, 0.25) is 0 Å². The van der Waals surface area contributed by atoms with Gasteiger partial charge >= 0.3 is 5.91 Å². The maximum absolute atomic E-state index is 10.0. The van der Waals surface area contributed by atoms with Crippen LogP contribution in [0.3, 0.4) is 0 Å². The van der Waals surface area contributed by atoms with Gasteiger partial charge in [-0.25, -0.2) is 4.99 Å². The van der Waals surface area contributed by atoms with Crippen LogP contribution < -0.4 is 10.7 Å². The van der Waals surface area contributed by atoms with Crippen molar-refractivity contribution in [3.05, 3.63) is 0 Å². The van der Waals surface area contributed by atoms with E-state index in [-0.39, 0.29) is 0 Å². The fourth-order valence-corrected chi connectivity index (χ4v) is 5.02. The van der Waals surface area contributed by atoms with E-state index in [1.54, 1.807) is 0 Å². The van der Waals surface area contributed by atoms with Crippen LogP contribution in [0.15, 0.2) is 0 Å². The van der Waals surface area contributed by atoms with Gasteiger partial charge in [-0.3, -0.25) is 5.73 Å². The van der Waals surface area contributed by atoms with Crippen LogP contribution in [0.1, 0.15) is 39.5 Å². The fourth-order valence-electron chi connectivity index (χ4n) is 5.02. The monoisotopic (exact) mass is 289 g/mol. The van der Waals surface area contributed by atoms with Crippen LogP contribution in [-0.2, 0) is 9.47 Å². The molecule has 2 atom stereocenters. The van der Waals surface area contributed by atoms with Crippen molar-refractivity contribution >= 4 is 5.84 Å². The third-order valence-corrected chi connectivity index (χ3v) is 5.52. The Morgan fingerprint density at radius 2 is 1.71 bits per heavy atom. The first-order valence-electron chi connectivity index (χ1n) is 7.59. The molecule has 0 unspecified atom stereocenters. The number of hydrogen-bond donors (Lipinski definition) is 2. The van der Waals surface area contributed by atoms with Crippen molar-refractivity contribution in [3.8, 4) is 12.1 Å². The highest BCUT2D eigenvalue weighted by molar-refractivity contribution is 5.95. The van der Waals surface area contributed by atoms with Crippen molar-refractivity contribution in [1.82, 2.24) is 0 Å². The average Bonchev–Trinajstić information content (AvgIpc) is 2.76. The van der Waals surface area contributed by atoms with Gasteiger partial charge in [-0.05, 0) is 12.8 Å². The van der Waals surface area contributed by atoms with Crippen molar-refractivity contribution in [2.45, 2.75) is 45.4 Å². The predicted molar refractivity (Wildman–Crippen MR) is 73.1 cm³/mol. The van der Waals surface area contributed by atoms with Gasteiger partial charge in [-0.15, -0.1) is 0 Å².